The molecule has 0 saturated carbocycles. The molecule has 1 amide bonds. The van der Waals surface area contributed by atoms with Crippen LogP contribution in [0, 0.1) is 10.1 Å². The average Bonchev–Trinajstić information content (AvgIpc) is 3.17. The lowest BCUT2D eigenvalue weighted by atomic mass is 10.2. The number of furan rings is 1. The number of carbonyl (C=O) groups excluding carboxylic acids is 1. The molecule has 0 saturated heterocycles. The SMILES string of the molecule is O=C(Nc1nc(-c2ccncc2)cs1)c1ccc([N+](=O)[O-])o1. The topological polar surface area (TPSA) is 111 Å². The first-order chi connectivity index (χ1) is 10.6. The van der Waals surface area contributed by atoms with Gasteiger partial charge in [0.05, 0.1) is 11.8 Å². The number of thiazole rings is 1. The van der Waals surface area contributed by atoms with E-state index >= 15 is 0 Å². The second-order valence-electron chi connectivity index (χ2n) is 4.12. The number of nitro groups is 1. The molecule has 0 spiro atoms. The largest absolute Gasteiger partial charge is 0.433 e. The Hall–Kier alpha value is -3.07. The van der Waals surface area contributed by atoms with Gasteiger partial charge in [0.15, 0.2) is 10.9 Å². The van der Waals surface area contributed by atoms with Crippen LogP contribution in [0.2, 0.25) is 0 Å². The second-order valence-corrected chi connectivity index (χ2v) is 4.98. The lowest BCUT2D eigenvalue weighted by Crippen LogP contribution is -2.10. The average molecular weight is 316 g/mol. The fraction of sp³-hybridized carbons (Fsp3) is 0. The van der Waals surface area contributed by atoms with E-state index in [1.54, 1.807) is 29.9 Å². The molecule has 9 heteroatoms. The van der Waals surface area contributed by atoms with Gasteiger partial charge in [-0.15, -0.1) is 11.3 Å². The van der Waals surface area contributed by atoms with Gasteiger partial charge in [-0.3, -0.25) is 25.2 Å². The number of amides is 1. The highest BCUT2D eigenvalue weighted by atomic mass is 32.1. The maximum atomic E-state index is 11.9. The van der Waals surface area contributed by atoms with Crippen LogP contribution in [0.3, 0.4) is 0 Å². The van der Waals surface area contributed by atoms with Crippen LogP contribution in [0.1, 0.15) is 10.6 Å². The Kier molecular flexibility index (Phi) is 3.62. The van der Waals surface area contributed by atoms with Crippen molar-refractivity contribution in [3.8, 4) is 11.3 Å². The molecule has 0 aliphatic carbocycles. The van der Waals surface area contributed by atoms with Crippen molar-refractivity contribution in [1.82, 2.24) is 9.97 Å². The van der Waals surface area contributed by atoms with E-state index in [4.69, 9.17) is 4.42 Å². The van der Waals surface area contributed by atoms with Crippen molar-refractivity contribution >= 4 is 28.3 Å². The zero-order chi connectivity index (χ0) is 15.5. The molecule has 3 heterocycles. The van der Waals surface area contributed by atoms with Gasteiger partial charge in [0.1, 0.15) is 4.92 Å². The van der Waals surface area contributed by atoms with Crippen molar-refractivity contribution < 1.29 is 14.1 Å². The Morgan fingerprint density at radius 1 is 1.27 bits per heavy atom. The molecule has 3 rings (SSSR count). The van der Waals surface area contributed by atoms with E-state index < -0.39 is 16.7 Å². The Morgan fingerprint density at radius 3 is 2.73 bits per heavy atom. The Balaban J connectivity index is 1.74. The zero-order valence-corrected chi connectivity index (χ0v) is 11.7. The number of aromatic nitrogens is 2. The standard InChI is InChI=1S/C13H8N4O4S/c18-12(10-1-2-11(21-10)17(19)20)16-13-15-9(7-22-13)8-3-5-14-6-4-8/h1-7H,(H,15,16,18). The summed E-state index contributed by atoms with van der Waals surface area (Å²) < 4.78 is 4.83. The van der Waals surface area contributed by atoms with Crippen LogP contribution in [-0.4, -0.2) is 20.8 Å². The predicted molar refractivity (Wildman–Crippen MR) is 78.7 cm³/mol. The third kappa shape index (κ3) is 2.83. The summed E-state index contributed by atoms with van der Waals surface area (Å²) in [6.45, 7) is 0. The maximum absolute atomic E-state index is 11.9. The quantitative estimate of drug-likeness (QED) is 0.585. The van der Waals surface area contributed by atoms with Gasteiger partial charge in [-0.2, -0.15) is 0 Å². The molecule has 0 bridgehead atoms. The molecule has 0 aromatic carbocycles. The summed E-state index contributed by atoms with van der Waals surface area (Å²) in [6, 6.07) is 5.97. The Morgan fingerprint density at radius 2 is 2.05 bits per heavy atom. The van der Waals surface area contributed by atoms with Gasteiger partial charge in [0.25, 0.3) is 5.91 Å². The lowest BCUT2D eigenvalue weighted by molar-refractivity contribution is -0.402. The number of nitrogens with zero attached hydrogens (tertiary/aromatic N) is 3. The van der Waals surface area contributed by atoms with E-state index in [0.717, 1.165) is 11.6 Å². The summed E-state index contributed by atoms with van der Waals surface area (Å²) in [5.74, 6) is -1.22. The predicted octanol–water partition coefficient (Wildman–Crippen LogP) is 2.96. The number of hydrogen-bond acceptors (Lipinski definition) is 7. The van der Waals surface area contributed by atoms with Crippen molar-refractivity contribution in [2.45, 2.75) is 0 Å². The molecule has 110 valence electrons. The molecule has 0 radical (unpaired) electrons. The molecule has 0 atom stereocenters. The van der Waals surface area contributed by atoms with E-state index in [1.807, 2.05) is 0 Å². The van der Waals surface area contributed by atoms with Gasteiger partial charge in [0.2, 0.25) is 0 Å². The van der Waals surface area contributed by atoms with Gasteiger partial charge >= 0.3 is 5.88 Å². The van der Waals surface area contributed by atoms with Crippen LogP contribution >= 0.6 is 11.3 Å². The van der Waals surface area contributed by atoms with Gasteiger partial charge in [-0.25, -0.2) is 4.98 Å². The van der Waals surface area contributed by atoms with Crippen molar-refractivity contribution in [2.24, 2.45) is 0 Å². The monoisotopic (exact) mass is 316 g/mol. The number of hydrogen-bond donors (Lipinski definition) is 1. The van der Waals surface area contributed by atoms with Gasteiger partial charge < -0.3 is 4.42 Å². The van der Waals surface area contributed by atoms with Crippen LogP contribution in [0.25, 0.3) is 11.3 Å². The van der Waals surface area contributed by atoms with Crippen molar-refractivity contribution in [1.29, 1.82) is 0 Å². The minimum Gasteiger partial charge on any atom is -0.395 e. The van der Waals surface area contributed by atoms with Crippen LogP contribution < -0.4 is 5.32 Å². The molecule has 0 unspecified atom stereocenters. The highest BCUT2D eigenvalue weighted by Gasteiger charge is 2.18. The molecule has 3 aromatic heterocycles. The van der Waals surface area contributed by atoms with E-state index in [2.05, 4.69) is 15.3 Å². The van der Waals surface area contributed by atoms with Crippen LogP contribution in [0.4, 0.5) is 11.0 Å². The number of carbonyl (C=O) groups is 1. The lowest BCUT2D eigenvalue weighted by Gasteiger charge is -1.97. The summed E-state index contributed by atoms with van der Waals surface area (Å²) in [6.07, 6.45) is 3.30. The van der Waals surface area contributed by atoms with Crippen LogP contribution in [0.15, 0.2) is 46.5 Å². The molecule has 3 aromatic rings. The van der Waals surface area contributed by atoms with Crippen molar-refractivity contribution in [3.05, 3.63) is 57.9 Å². The summed E-state index contributed by atoms with van der Waals surface area (Å²) in [5.41, 5.74) is 1.58. The first-order valence-electron chi connectivity index (χ1n) is 6.05. The molecule has 1 N–H and O–H groups in total. The van der Waals surface area contributed by atoms with E-state index in [-0.39, 0.29) is 5.76 Å². The minimum absolute atomic E-state index is 0.146. The highest BCUT2D eigenvalue weighted by molar-refractivity contribution is 7.14. The molecule has 8 nitrogen and oxygen atoms in total. The molecular formula is C13H8N4O4S. The van der Waals surface area contributed by atoms with E-state index in [1.165, 1.54) is 17.4 Å². The second kappa shape index (κ2) is 5.74. The van der Waals surface area contributed by atoms with Gasteiger partial charge in [-0.1, -0.05) is 0 Å². The van der Waals surface area contributed by atoms with E-state index in [9.17, 15) is 14.9 Å². The molecule has 22 heavy (non-hydrogen) atoms. The van der Waals surface area contributed by atoms with Gasteiger partial charge in [0, 0.05) is 23.3 Å². The van der Waals surface area contributed by atoms with Crippen LogP contribution in [-0.2, 0) is 0 Å². The number of rotatable bonds is 4. The molecule has 0 aliphatic rings. The van der Waals surface area contributed by atoms with Gasteiger partial charge in [-0.05, 0) is 18.2 Å². The third-order valence-electron chi connectivity index (χ3n) is 2.70. The van der Waals surface area contributed by atoms with Crippen molar-refractivity contribution in [3.63, 3.8) is 0 Å². The van der Waals surface area contributed by atoms with Crippen molar-refractivity contribution in [2.75, 3.05) is 5.32 Å². The first-order valence-corrected chi connectivity index (χ1v) is 6.93. The fourth-order valence-corrected chi connectivity index (χ4v) is 2.41. The summed E-state index contributed by atoms with van der Waals surface area (Å²) >= 11 is 1.24. The first kappa shape index (κ1) is 13.9. The maximum Gasteiger partial charge on any atom is 0.433 e. The third-order valence-corrected chi connectivity index (χ3v) is 3.45. The number of anilines is 1. The Bertz CT molecular complexity index is 827. The molecule has 0 fully saturated rings. The molecule has 0 aliphatic heterocycles. The number of nitrogens with one attached hydrogen (secondary N) is 1. The normalized spacial score (nSPS) is 10.4. The minimum atomic E-state index is -0.707. The number of pyridine rings is 1. The Labute approximate surface area is 127 Å². The molecular weight excluding hydrogens is 308 g/mol. The smallest absolute Gasteiger partial charge is 0.395 e. The van der Waals surface area contributed by atoms with E-state index in [0.29, 0.717) is 10.8 Å². The fourth-order valence-electron chi connectivity index (χ4n) is 1.69. The van der Waals surface area contributed by atoms with Crippen LogP contribution in [0.5, 0.6) is 0 Å². The summed E-state index contributed by atoms with van der Waals surface area (Å²) in [7, 11) is 0. The summed E-state index contributed by atoms with van der Waals surface area (Å²) in [4.78, 5) is 29.9. The summed E-state index contributed by atoms with van der Waals surface area (Å²) in [5, 5.41) is 15.2. The highest BCUT2D eigenvalue weighted by Crippen LogP contribution is 2.25. The zero-order valence-electron chi connectivity index (χ0n) is 10.9.